The Labute approximate surface area is 113 Å². The number of benzene rings is 2. The summed E-state index contributed by atoms with van der Waals surface area (Å²) >= 11 is 7.66. The Balaban J connectivity index is 1.95. The van der Waals surface area contributed by atoms with Gasteiger partial charge in [0, 0.05) is 11.8 Å². The normalized spacial score (nSPS) is 10.7. The van der Waals surface area contributed by atoms with Crippen molar-refractivity contribution in [2.75, 3.05) is 5.73 Å². The summed E-state index contributed by atoms with van der Waals surface area (Å²) in [6.07, 6.45) is 0. The summed E-state index contributed by atoms with van der Waals surface area (Å²) < 4.78 is 6.85. The van der Waals surface area contributed by atoms with Gasteiger partial charge in [-0.3, -0.25) is 0 Å². The molecule has 1 heterocycles. The second kappa shape index (κ2) is 4.48. The molecule has 0 saturated carbocycles. The van der Waals surface area contributed by atoms with Crippen LogP contribution >= 0.6 is 22.9 Å². The van der Waals surface area contributed by atoms with Crippen molar-refractivity contribution in [1.82, 2.24) is 4.98 Å². The van der Waals surface area contributed by atoms with E-state index in [0.717, 1.165) is 10.2 Å². The number of ether oxygens (including phenoxy) is 1. The maximum atomic E-state index is 6.06. The van der Waals surface area contributed by atoms with Crippen LogP contribution in [0.25, 0.3) is 10.2 Å². The monoisotopic (exact) mass is 276 g/mol. The van der Waals surface area contributed by atoms with Gasteiger partial charge in [0.05, 0.1) is 20.7 Å². The van der Waals surface area contributed by atoms with Gasteiger partial charge in [0.15, 0.2) is 0 Å². The van der Waals surface area contributed by atoms with E-state index in [1.807, 2.05) is 23.7 Å². The zero-order valence-corrected chi connectivity index (χ0v) is 10.8. The first-order valence-corrected chi connectivity index (χ1v) is 6.54. The number of anilines is 1. The summed E-state index contributed by atoms with van der Waals surface area (Å²) in [5, 5.41) is 0.494. The molecule has 0 amide bonds. The number of thiazole rings is 1. The molecular formula is C13H9ClN2OS. The quantitative estimate of drug-likeness (QED) is 0.709. The van der Waals surface area contributed by atoms with Gasteiger partial charge in [-0.1, -0.05) is 11.6 Å². The van der Waals surface area contributed by atoms with Gasteiger partial charge in [0.25, 0.3) is 0 Å². The van der Waals surface area contributed by atoms with Crippen LogP contribution in [0.15, 0.2) is 41.9 Å². The Kier molecular flexibility index (Phi) is 2.81. The van der Waals surface area contributed by atoms with Gasteiger partial charge in [-0.05, 0) is 30.3 Å². The Bertz CT molecular complexity index is 711. The molecule has 0 aliphatic rings. The van der Waals surface area contributed by atoms with E-state index in [2.05, 4.69) is 4.98 Å². The summed E-state index contributed by atoms with van der Waals surface area (Å²) in [6.45, 7) is 0. The summed E-state index contributed by atoms with van der Waals surface area (Å²) in [5.41, 5.74) is 8.98. The molecule has 0 atom stereocenters. The van der Waals surface area contributed by atoms with E-state index in [1.54, 1.807) is 29.5 Å². The molecule has 5 heteroatoms. The van der Waals surface area contributed by atoms with Crippen LogP contribution in [-0.4, -0.2) is 4.98 Å². The maximum absolute atomic E-state index is 6.06. The van der Waals surface area contributed by atoms with Gasteiger partial charge >= 0.3 is 0 Å². The number of nitrogen functional groups attached to an aromatic ring is 1. The summed E-state index contributed by atoms with van der Waals surface area (Å²) in [4.78, 5) is 4.24. The number of nitrogens with zero attached hydrogens (tertiary/aromatic N) is 1. The summed E-state index contributed by atoms with van der Waals surface area (Å²) in [6, 6.07) is 10.9. The predicted molar refractivity (Wildman–Crippen MR) is 75.6 cm³/mol. The van der Waals surface area contributed by atoms with Crippen LogP contribution in [0.2, 0.25) is 5.02 Å². The van der Waals surface area contributed by atoms with Crippen LogP contribution in [0.1, 0.15) is 0 Å². The Morgan fingerprint density at radius 2 is 2.06 bits per heavy atom. The average Bonchev–Trinajstić information content (AvgIpc) is 2.80. The molecule has 0 aliphatic carbocycles. The van der Waals surface area contributed by atoms with Crippen molar-refractivity contribution in [3.05, 3.63) is 46.9 Å². The molecule has 18 heavy (non-hydrogen) atoms. The van der Waals surface area contributed by atoms with Crippen LogP contribution < -0.4 is 10.5 Å². The molecule has 3 nitrogen and oxygen atoms in total. The fourth-order valence-electron chi connectivity index (χ4n) is 1.63. The third kappa shape index (κ3) is 2.12. The summed E-state index contributed by atoms with van der Waals surface area (Å²) in [7, 11) is 0. The van der Waals surface area contributed by atoms with Gasteiger partial charge in [0.1, 0.15) is 11.5 Å². The van der Waals surface area contributed by atoms with Crippen LogP contribution in [0.4, 0.5) is 5.69 Å². The van der Waals surface area contributed by atoms with Crippen molar-refractivity contribution < 1.29 is 4.74 Å². The molecule has 2 N–H and O–H groups in total. The zero-order chi connectivity index (χ0) is 12.5. The van der Waals surface area contributed by atoms with Gasteiger partial charge < -0.3 is 10.5 Å². The van der Waals surface area contributed by atoms with Crippen LogP contribution in [-0.2, 0) is 0 Å². The van der Waals surface area contributed by atoms with Crippen LogP contribution in [0.3, 0.4) is 0 Å². The number of hydrogen-bond donors (Lipinski definition) is 1. The van der Waals surface area contributed by atoms with Crippen LogP contribution in [0, 0.1) is 0 Å². The van der Waals surface area contributed by atoms with E-state index in [1.165, 1.54) is 0 Å². The van der Waals surface area contributed by atoms with Crippen molar-refractivity contribution in [2.45, 2.75) is 0 Å². The fraction of sp³-hybridized carbons (Fsp3) is 0. The molecule has 1 aromatic heterocycles. The van der Waals surface area contributed by atoms with Crippen LogP contribution in [0.5, 0.6) is 11.5 Å². The maximum Gasteiger partial charge on any atom is 0.146 e. The molecule has 0 saturated heterocycles. The fourth-order valence-corrected chi connectivity index (χ4v) is 2.51. The molecule has 0 radical (unpaired) electrons. The molecule has 0 unspecified atom stereocenters. The molecule has 2 aromatic carbocycles. The van der Waals surface area contributed by atoms with E-state index in [4.69, 9.17) is 22.1 Å². The van der Waals surface area contributed by atoms with E-state index in [0.29, 0.717) is 22.2 Å². The molecule has 3 aromatic rings. The number of fused-ring (bicyclic) bond motifs is 1. The van der Waals surface area contributed by atoms with Crippen molar-refractivity contribution in [2.24, 2.45) is 0 Å². The lowest BCUT2D eigenvalue weighted by atomic mass is 10.3. The van der Waals surface area contributed by atoms with Gasteiger partial charge in [-0.15, -0.1) is 11.3 Å². The highest BCUT2D eigenvalue weighted by molar-refractivity contribution is 7.16. The predicted octanol–water partition coefficient (Wildman–Crippen LogP) is 4.32. The largest absolute Gasteiger partial charge is 0.456 e. The smallest absolute Gasteiger partial charge is 0.146 e. The standard InChI is InChI=1S/C13H9ClN2OS/c14-10-5-8(15)1-3-12(10)17-9-2-4-13-11(6-9)16-7-18-13/h1-7H,15H2. The lowest BCUT2D eigenvalue weighted by molar-refractivity contribution is 0.483. The lowest BCUT2D eigenvalue weighted by Crippen LogP contribution is -1.88. The average molecular weight is 277 g/mol. The molecule has 90 valence electrons. The van der Waals surface area contributed by atoms with E-state index in [9.17, 15) is 0 Å². The second-order valence-corrected chi connectivity index (χ2v) is 5.07. The SMILES string of the molecule is Nc1ccc(Oc2ccc3scnc3c2)c(Cl)c1. The van der Waals surface area contributed by atoms with Crippen molar-refractivity contribution in [3.8, 4) is 11.5 Å². The molecular weight excluding hydrogens is 268 g/mol. The van der Waals surface area contributed by atoms with E-state index < -0.39 is 0 Å². The number of halogens is 1. The van der Waals surface area contributed by atoms with Gasteiger partial charge in [0.2, 0.25) is 0 Å². The molecule has 3 rings (SSSR count). The van der Waals surface area contributed by atoms with E-state index in [-0.39, 0.29) is 0 Å². The van der Waals surface area contributed by atoms with Crippen molar-refractivity contribution >= 4 is 38.8 Å². The minimum Gasteiger partial charge on any atom is -0.456 e. The third-order valence-corrected chi connectivity index (χ3v) is 3.59. The van der Waals surface area contributed by atoms with E-state index >= 15 is 0 Å². The molecule has 0 aliphatic heterocycles. The van der Waals surface area contributed by atoms with Gasteiger partial charge in [-0.25, -0.2) is 4.98 Å². The topological polar surface area (TPSA) is 48.1 Å². The number of rotatable bonds is 2. The highest BCUT2D eigenvalue weighted by Gasteiger charge is 2.05. The summed E-state index contributed by atoms with van der Waals surface area (Å²) in [5.74, 6) is 1.29. The second-order valence-electron chi connectivity index (χ2n) is 3.77. The molecule has 0 spiro atoms. The number of aromatic nitrogens is 1. The molecule has 0 bridgehead atoms. The van der Waals surface area contributed by atoms with Crippen molar-refractivity contribution in [1.29, 1.82) is 0 Å². The molecule has 0 fully saturated rings. The lowest BCUT2D eigenvalue weighted by Gasteiger charge is -2.07. The number of nitrogens with two attached hydrogens (primary N) is 1. The first-order chi connectivity index (χ1) is 8.72. The highest BCUT2D eigenvalue weighted by Crippen LogP contribution is 2.32. The Morgan fingerprint density at radius 1 is 1.17 bits per heavy atom. The first-order valence-electron chi connectivity index (χ1n) is 5.28. The van der Waals surface area contributed by atoms with Gasteiger partial charge in [-0.2, -0.15) is 0 Å². The Hall–Kier alpha value is -1.78. The first kappa shape index (κ1) is 11.3. The highest BCUT2D eigenvalue weighted by atomic mass is 35.5. The minimum atomic E-state index is 0.494. The number of hydrogen-bond acceptors (Lipinski definition) is 4. The third-order valence-electron chi connectivity index (χ3n) is 2.49. The Morgan fingerprint density at radius 3 is 2.89 bits per heavy atom. The minimum absolute atomic E-state index is 0.494. The van der Waals surface area contributed by atoms with Crippen molar-refractivity contribution in [3.63, 3.8) is 0 Å². The zero-order valence-electron chi connectivity index (χ0n) is 9.26.